The van der Waals surface area contributed by atoms with Crippen molar-refractivity contribution in [2.75, 3.05) is 0 Å². The zero-order valence-electron chi connectivity index (χ0n) is 29.3. The standard InChI is InChI=1S/C50H32N4/c1-2-14-33(15-3-1)48-40-22-6-8-24-42(40)49(43-25-9-7-23-41(43)48)36-19-12-18-35(28-36)46-30-47(44-32-51-31-38-16-4-5-21-39(38)44)54-50(53-46)37-20-13-17-34(29-37)45-26-10-11-27-52-45/h1-32H. The minimum Gasteiger partial charge on any atom is -0.263 e. The highest BCUT2D eigenvalue weighted by atomic mass is 14.9. The lowest BCUT2D eigenvalue weighted by molar-refractivity contribution is 1.18. The van der Waals surface area contributed by atoms with Crippen LogP contribution in [0.3, 0.4) is 0 Å². The van der Waals surface area contributed by atoms with Gasteiger partial charge in [-0.1, -0.05) is 146 Å². The molecule has 0 aliphatic carbocycles. The lowest BCUT2D eigenvalue weighted by atomic mass is 9.85. The summed E-state index contributed by atoms with van der Waals surface area (Å²) in [6.07, 6.45) is 5.63. The van der Waals surface area contributed by atoms with Gasteiger partial charge < -0.3 is 0 Å². The van der Waals surface area contributed by atoms with Gasteiger partial charge in [-0.3, -0.25) is 9.97 Å². The lowest BCUT2D eigenvalue weighted by Crippen LogP contribution is -1.97. The summed E-state index contributed by atoms with van der Waals surface area (Å²) in [5.74, 6) is 0.640. The van der Waals surface area contributed by atoms with E-state index in [1.165, 1.54) is 38.2 Å². The van der Waals surface area contributed by atoms with Gasteiger partial charge in [0.2, 0.25) is 0 Å². The third-order valence-corrected chi connectivity index (χ3v) is 10.2. The molecule has 0 unspecified atom stereocenters. The van der Waals surface area contributed by atoms with Crippen LogP contribution in [-0.2, 0) is 0 Å². The summed E-state index contributed by atoms with van der Waals surface area (Å²) in [5, 5.41) is 7.04. The minimum atomic E-state index is 0.640. The van der Waals surface area contributed by atoms with E-state index in [0.29, 0.717) is 5.82 Å². The molecule has 10 rings (SSSR count). The molecule has 0 bridgehead atoms. The molecule has 0 atom stereocenters. The molecule has 3 heterocycles. The number of hydrogen-bond donors (Lipinski definition) is 0. The number of benzene rings is 7. The van der Waals surface area contributed by atoms with Crippen LogP contribution in [0.2, 0.25) is 0 Å². The Kier molecular flexibility index (Phi) is 7.77. The number of rotatable bonds is 6. The highest BCUT2D eigenvalue weighted by Crippen LogP contribution is 2.44. The molecule has 54 heavy (non-hydrogen) atoms. The van der Waals surface area contributed by atoms with Gasteiger partial charge in [0.1, 0.15) is 0 Å². The number of aromatic nitrogens is 4. The largest absolute Gasteiger partial charge is 0.263 e. The highest BCUT2D eigenvalue weighted by molar-refractivity contribution is 6.21. The van der Waals surface area contributed by atoms with Crippen LogP contribution in [0.15, 0.2) is 195 Å². The van der Waals surface area contributed by atoms with Gasteiger partial charge in [0, 0.05) is 46.2 Å². The summed E-state index contributed by atoms with van der Waals surface area (Å²) in [4.78, 5) is 19.7. The Labute approximate surface area is 313 Å². The first kappa shape index (κ1) is 31.4. The van der Waals surface area contributed by atoms with Crippen LogP contribution in [0.5, 0.6) is 0 Å². The summed E-state index contributed by atoms with van der Waals surface area (Å²) in [6.45, 7) is 0. The fourth-order valence-electron chi connectivity index (χ4n) is 7.72. The average molecular weight is 689 g/mol. The molecule has 7 aromatic carbocycles. The zero-order valence-corrected chi connectivity index (χ0v) is 29.3. The maximum Gasteiger partial charge on any atom is 0.160 e. The minimum absolute atomic E-state index is 0.640. The van der Waals surface area contributed by atoms with Gasteiger partial charge in [0.05, 0.1) is 17.1 Å². The molecular weight excluding hydrogens is 657 g/mol. The summed E-state index contributed by atoms with van der Waals surface area (Å²) in [6, 6.07) is 61.7. The van der Waals surface area contributed by atoms with Gasteiger partial charge in [-0.25, -0.2) is 9.97 Å². The molecule has 0 saturated carbocycles. The summed E-state index contributed by atoms with van der Waals surface area (Å²) in [5.41, 5.74) is 11.2. The van der Waals surface area contributed by atoms with E-state index in [9.17, 15) is 0 Å². The molecule has 4 nitrogen and oxygen atoms in total. The smallest absolute Gasteiger partial charge is 0.160 e. The first-order valence-corrected chi connectivity index (χ1v) is 18.1. The summed E-state index contributed by atoms with van der Waals surface area (Å²) in [7, 11) is 0. The fourth-order valence-corrected chi connectivity index (χ4v) is 7.72. The highest BCUT2D eigenvalue weighted by Gasteiger charge is 2.18. The van der Waals surface area contributed by atoms with Gasteiger partial charge in [0.25, 0.3) is 0 Å². The molecule has 0 aliphatic heterocycles. The molecule has 0 spiro atoms. The lowest BCUT2D eigenvalue weighted by Gasteiger charge is -2.18. The SMILES string of the molecule is c1ccc(-c2c3ccccc3c(-c3cccc(-c4cc(-c5cncc6ccccc56)nc(-c5cccc(-c6ccccn6)c5)n4)c3)c3ccccc23)cc1. The van der Waals surface area contributed by atoms with Gasteiger partial charge in [-0.05, 0) is 79.5 Å². The van der Waals surface area contributed by atoms with E-state index in [1.54, 1.807) is 0 Å². The van der Waals surface area contributed by atoms with Gasteiger partial charge in [0.15, 0.2) is 5.82 Å². The molecule has 0 radical (unpaired) electrons. The van der Waals surface area contributed by atoms with Crippen LogP contribution < -0.4 is 0 Å². The van der Waals surface area contributed by atoms with E-state index in [1.807, 2.05) is 48.9 Å². The van der Waals surface area contributed by atoms with Crippen molar-refractivity contribution in [2.24, 2.45) is 0 Å². The second-order valence-corrected chi connectivity index (χ2v) is 13.5. The van der Waals surface area contributed by atoms with Crippen molar-refractivity contribution in [3.8, 4) is 67.4 Å². The van der Waals surface area contributed by atoms with Crippen molar-refractivity contribution < 1.29 is 0 Å². The van der Waals surface area contributed by atoms with Crippen molar-refractivity contribution in [3.63, 3.8) is 0 Å². The number of nitrogens with zero attached hydrogens (tertiary/aromatic N) is 4. The fraction of sp³-hybridized carbons (Fsp3) is 0. The van der Waals surface area contributed by atoms with E-state index < -0.39 is 0 Å². The van der Waals surface area contributed by atoms with E-state index in [2.05, 4.69) is 156 Å². The second-order valence-electron chi connectivity index (χ2n) is 13.5. The van der Waals surface area contributed by atoms with Crippen LogP contribution >= 0.6 is 0 Å². The van der Waals surface area contributed by atoms with Crippen molar-refractivity contribution in [2.45, 2.75) is 0 Å². The van der Waals surface area contributed by atoms with Crippen molar-refractivity contribution >= 4 is 32.3 Å². The Morgan fingerprint density at radius 3 is 1.57 bits per heavy atom. The third-order valence-electron chi connectivity index (χ3n) is 10.2. The molecule has 0 fully saturated rings. The Bertz CT molecular complexity index is 2930. The van der Waals surface area contributed by atoms with Crippen molar-refractivity contribution in [3.05, 3.63) is 195 Å². The van der Waals surface area contributed by atoms with E-state index >= 15 is 0 Å². The van der Waals surface area contributed by atoms with Crippen molar-refractivity contribution in [1.29, 1.82) is 0 Å². The average Bonchev–Trinajstić information content (AvgIpc) is 3.26. The quantitative estimate of drug-likeness (QED) is 0.163. The first-order chi connectivity index (χ1) is 26.8. The Morgan fingerprint density at radius 1 is 0.333 bits per heavy atom. The van der Waals surface area contributed by atoms with E-state index in [0.717, 1.165) is 55.7 Å². The molecule has 3 aromatic heterocycles. The number of pyridine rings is 2. The molecule has 252 valence electrons. The van der Waals surface area contributed by atoms with Crippen LogP contribution in [0.1, 0.15) is 0 Å². The van der Waals surface area contributed by atoms with E-state index in [4.69, 9.17) is 9.97 Å². The predicted molar refractivity (Wildman–Crippen MR) is 223 cm³/mol. The zero-order chi connectivity index (χ0) is 35.8. The second kappa shape index (κ2) is 13.4. The molecular formula is C50H32N4. The van der Waals surface area contributed by atoms with E-state index in [-0.39, 0.29) is 0 Å². The molecule has 0 amide bonds. The van der Waals surface area contributed by atoms with Crippen molar-refractivity contribution in [1.82, 2.24) is 19.9 Å². The molecule has 4 heteroatoms. The van der Waals surface area contributed by atoms with Crippen LogP contribution in [0, 0.1) is 0 Å². The Balaban J connectivity index is 1.19. The summed E-state index contributed by atoms with van der Waals surface area (Å²) < 4.78 is 0. The number of hydrogen-bond acceptors (Lipinski definition) is 4. The van der Waals surface area contributed by atoms with Gasteiger partial charge >= 0.3 is 0 Å². The molecule has 0 aliphatic rings. The topological polar surface area (TPSA) is 51.6 Å². The third kappa shape index (κ3) is 5.58. The first-order valence-electron chi connectivity index (χ1n) is 18.1. The van der Waals surface area contributed by atoms with Crippen LogP contribution in [0.25, 0.3) is 99.7 Å². The van der Waals surface area contributed by atoms with Crippen LogP contribution in [-0.4, -0.2) is 19.9 Å². The maximum absolute atomic E-state index is 5.28. The van der Waals surface area contributed by atoms with Gasteiger partial charge in [-0.2, -0.15) is 0 Å². The number of fused-ring (bicyclic) bond motifs is 3. The molecule has 0 saturated heterocycles. The Hall–Kier alpha value is -7.30. The normalized spacial score (nSPS) is 11.3. The monoisotopic (exact) mass is 688 g/mol. The molecule has 10 aromatic rings. The van der Waals surface area contributed by atoms with Gasteiger partial charge in [-0.15, -0.1) is 0 Å². The Morgan fingerprint density at radius 2 is 0.870 bits per heavy atom. The van der Waals surface area contributed by atoms with Crippen LogP contribution in [0.4, 0.5) is 0 Å². The summed E-state index contributed by atoms with van der Waals surface area (Å²) >= 11 is 0. The maximum atomic E-state index is 5.28. The molecule has 0 N–H and O–H groups in total. The predicted octanol–water partition coefficient (Wildman–Crippen LogP) is 12.7.